The predicted molar refractivity (Wildman–Crippen MR) is 49.5 cm³/mol. The fourth-order valence-electron chi connectivity index (χ4n) is 1.82. The maximum Gasteiger partial charge on any atom is 0.0847 e. The molecule has 1 rings (SSSR count). The number of ether oxygens (including phenoxy) is 1. The molecule has 0 aromatic heterocycles. The lowest BCUT2D eigenvalue weighted by Crippen LogP contribution is -2.58. The summed E-state index contributed by atoms with van der Waals surface area (Å²) >= 11 is 0. The molecule has 1 aliphatic rings. The van der Waals surface area contributed by atoms with Crippen LogP contribution in [0.5, 0.6) is 0 Å². The molecule has 0 amide bonds. The molecule has 3 heteroatoms. The molecule has 0 aliphatic heterocycles. The van der Waals surface area contributed by atoms with Crippen LogP contribution in [0.1, 0.15) is 25.7 Å². The van der Waals surface area contributed by atoms with Gasteiger partial charge in [-0.2, -0.15) is 0 Å². The van der Waals surface area contributed by atoms with Crippen molar-refractivity contribution in [3.8, 4) is 0 Å². The highest BCUT2D eigenvalue weighted by Gasteiger charge is 2.43. The third-order valence-corrected chi connectivity index (χ3v) is 2.85. The molecule has 1 fully saturated rings. The number of hydrogen-bond donors (Lipinski definition) is 2. The first kappa shape index (κ1) is 9.71. The first-order valence-electron chi connectivity index (χ1n) is 4.41. The Labute approximate surface area is 73.9 Å². The average Bonchev–Trinajstić information content (AvgIpc) is 2.02. The highest BCUT2D eigenvalue weighted by Crippen LogP contribution is 2.38. The summed E-state index contributed by atoms with van der Waals surface area (Å²) in [4.78, 5) is 0. The molecular formula is C9H18N2O. The maximum atomic E-state index is 5.49. The molecule has 70 valence electrons. The van der Waals surface area contributed by atoms with E-state index in [2.05, 4.69) is 12.0 Å². The van der Waals surface area contributed by atoms with E-state index in [0.717, 1.165) is 19.3 Å². The summed E-state index contributed by atoms with van der Waals surface area (Å²) in [5, 5.41) is 0. The Morgan fingerprint density at radius 1 is 1.75 bits per heavy atom. The van der Waals surface area contributed by atoms with Crippen LogP contribution in [-0.2, 0) is 4.74 Å². The van der Waals surface area contributed by atoms with Crippen LogP contribution in [0.4, 0.5) is 0 Å². The standard InChI is InChI=1S/C9H18N2O/c1-3-5-8(11-10)9(12-2)6-4-7-9/h3,8,11H,1,4-7,10H2,2H3. The second-order valence-corrected chi connectivity index (χ2v) is 3.37. The molecule has 0 saturated heterocycles. The van der Waals surface area contributed by atoms with Crippen LogP contribution in [0.3, 0.4) is 0 Å². The van der Waals surface area contributed by atoms with Crippen molar-refractivity contribution in [3.63, 3.8) is 0 Å². The molecular weight excluding hydrogens is 152 g/mol. The van der Waals surface area contributed by atoms with Crippen LogP contribution >= 0.6 is 0 Å². The monoisotopic (exact) mass is 170 g/mol. The van der Waals surface area contributed by atoms with Gasteiger partial charge in [0.25, 0.3) is 0 Å². The summed E-state index contributed by atoms with van der Waals surface area (Å²) in [5.74, 6) is 5.45. The van der Waals surface area contributed by atoms with E-state index in [1.54, 1.807) is 7.11 Å². The van der Waals surface area contributed by atoms with E-state index in [0.29, 0.717) is 0 Å². The van der Waals surface area contributed by atoms with Gasteiger partial charge in [-0.05, 0) is 25.7 Å². The summed E-state index contributed by atoms with van der Waals surface area (Å²) < 4.78 is 5.49. The topological polar surface area (TPSA) is 47.3 Å². The predicted octanol–water partition coefficient (Wildman–Crippen LogP) is 0.963. The molecule has 0 aromatic rings. The number of nitrogens with two attached hydrogens (primary N) is 1. The van der Waals surface area contributed by atoms with Crippen LogP contribution in [0.15, 0.2) is 12.7 Å². The van der Waals surface area contributed by atoms with Gasteiger partial charge in [0.15, 0.2) is 0 Å². The fourth-order valence-corrected chi connectivity index (χ4v) is 1.82. The van der Waals surface area contributed by atoms with Gasteiger partial charge in [0.1, 0.15) is 0 Å². The maximum absolute atomic E-state index is 5.49. The molecule has 0 aromatic carbocycles. The molecule has 1 aliphatic carbocycles. The Bertz CT molecular complexity index is 149. The molecule has 1 unspecified atom stereocenters. The lowest BCUT2D eigenvalue weighted by Gasteiger charge is -2.46. The SMILES string of the molecule is C=CCC(NN)C1(OC)CCC1. The highest BCUT2D eigenvalue weighted by atomic mass is 16.5. The van der Waals surface area contributed by atoms with Crippen LogP contribution in [0.2, 0.25) is 0 Å². The Balaban J connectivity index is 2.54. The zero-order valence-electron chi connectivity index (χ0n) is 7.68. The number of hydrogen-bond acceptors (Lipinski definition) is 3. The third kappa shape index (κ3) is 1.53. The Kier molecular flexibility index (Phi) is 3.26. The number of rotatable bonds is 5. The van der Waals surface area contributed by atoms with Gasteiger partial charge in [-0.15, -0.1) is 6.58 Å². The van der Waals surface area contributed by atoms with Gasteiger partial charge in [0.2, 0.25) is 0 Å². The normalized spacial score (nSPS) is 22.8. The van der Waals surface area contributed by atoms with Crippen LogP contribution in [0.25, 0.3) is 0 Å². The van der Waals surface area contributed by atoms with E-state index in [4.69, 9.17) is 10.6 Å². The largest absolute Gasteiger partial charge is 0.377 e. The summed E-state index contributed by atoms with van der Waals surface area (Å²) in [6.07, 6.45) is 6.19. The van der Waals surface area contributed by atoms with Gasteiger partial charge in [-0.1, -0.05) is 6.08 Å². The Morgan fingerprint density at radius 2 is 2.42 bits per heavy atom. The zero-order valence-corrected chi connectivity index (χ0v) is 7.68. The van der Waals surface area contributed by atoms with Crippen LogP contribution in [0, 0.1) is 0 Å². The van der Waals surface area contributed by atoms with Crippen LogP contribution < -0.4 is 11.3 Å². The van der Waals surface area contributed by atoms with Crippen molar-refractivity contribution in [2.75, 3.05) is 7.11 Å². The summed E-state index contributed by atoms with van der Waals surface area (Å²) in [6.45, 7) is 3.70. The molecule has 1 atom stereocenters. The van der Waals surface area contributed by atoms with E-state index in [9.17, 15) is 0 Å². The number of hydrazine groups is 1. The number of methoxy groups -OCH3 is 1. The van der Waals surface area contributed by atoms with E-state index in [1.807, 2.05) is 6.08 Å². The van der Waals surface area contributed by atoms with Crippen molar-refractivity contribution in [1.29, 1.82) is 0 Å². The smallest absolute Gasteiger partial charge is 0.0847 e. The van der Waals surface area contributed by atoms with Gasteiger partial charge in [0, 0.05) is 7.11 Å². The van der Waals surface area contributed by atoms with Crippen molar-refractivity contribution in [3.05, 3.63) is 12.7 Å². The zero-order chi connectivity index (χ0) is 9.03. The number of nitrogens with one attached hydrogen (secondary N) is 1. The molecule has 12 heavy (non-hydrogen) atoms. The molecule has 0 heterocycles. The van der Waals surface area contributed by atoms with Crippen molar-refractivity contribution < 1.29 is 4.74 Å². The minimum atomic E-state index is -0.0249. The van der Waals surface area contributed by atoms with Gasteiger partial charge in [0.05, 0.1) is 11.6 Å². The minimum Gasteiger partial charge on any atom is -0.377 e. The van der Waals surface area contributed by atoms with Crippen molar-refractivity contribution >= 4 is 0 Å². The minimum absolute atomic E-state index is 0.0249. The van der Waals surface area contributed by atoms with Crippen molar-refractivity contribution in [2.45, 2.75) is 37.3 Å². The van der Waals surface area contributed by atoms with Crippen molar-refractivity contribution in [2.24, 2.45) is 5.84 Å². The van der Waals surface area contributed by atoms with E-state index >= 15 is 0 Å². The molecule has 0 spiro atoms. The third-order valence-electron chi connectivity index (χ3n) is 2.85. The average molecular weight is 170 g/mol. The fraction of sp³-hybridized carbons (Fsp3) is 0.778. The van der Waals surface area contributed by atoms with Gasteiger partial charge < -0.3 is 4.74 Å². The molecule has 0 radical (unpaired) electrons. The second-order valence-electron chi connectivity index (χ2n) is 3.37. The molecule has 1 saturated carbocycles. The molecule has 0 bridgehead atoms. The van der Waals surface area contributed by atoms with E-state index < -0.39 is 0 Å². The first-order valence-corrected chi connectivity index (χ1v) is 4.41. The second kappa shape index (κ2) is 4.03. The van der Waals surface area contributed by atoms with E-state index in [1.165, 1.54) is 6.42 Å². The van der Waals surface area contributed by atoms with Gasteiger partial charge in [-0.3, -0.25) is 11.3 Å². The summed E-state index contributed by atoms with van der Waals surface area (Å²) in [7, 11) is 1.76. The summed E-state index contributed by atoms with van der Waals surface area (Å²) in [6, 6.07) is 0.216. The lowest BCUT2D eigenvalue weighted by molar-refractivity contribution is -0.0976. The Morgan fingerprint density at radius 3 is 2.67 bits per heavy atom. The highest BCUT2D eigenvalue weighted by molar-refractivity contribution is 5.01. The van der Waals surface area contributed by atoms with E-state index in [-0.39, 0.29) is 11.6 Å². The van der Waals surface area contributed by atoms with Crippen LogP contribution in [-0.4, -0.2) is 18.8 Å². The van der Waals surface area contributed by atoms with Gasteiger partial charge >= 0.3 is 0 Å². The van der Waals surface area contributed by atoms with Gasteiger partial charge in [-0.25, -0.2) is 0 Å². The lowest BCUT2D eigenvalue weighted by atomic mass is 9.73. The first-order chi connectivity index (χ1) is 5.79. The molecule has 3 N–H and O–H groups in total. The molecule has 3 nitrogen and oxygen atoms in total. The van der Waals surface area contributed by atoms with Crippen molar-refractivity contribution in [1.82, 2.24) is 5.43 Å². The quantitative estimate of drug-likeness (QED) is 0.367. The summed E-state index contributed by atoms with van der Waals surface area (Å²) in [5.41, 5.74) is 2.78. The Hall–Kier alpha value is -0.380.